The lowest BCUT2D eigenvalue weighted by Crippen LogP contribution is -2.24. The number of benzene rings is 2. The third-order valence-electron chi connectivity index (χ3n) is 3.53. The lowest BCUT2D eigenvalue weighted by molar-refractivity contribution is 0.590. The zero-order chi connectivity index (χ0) is 10.3. The van der Waals surface area contributed by atoms with Crippen molar-refractivity contribution >= 4 is 10.8 Å². The molecule has 1 N–H and O–H groups in total. The van der Waals surface area contributed by atoms with Crippen molar-refractivity contribution in [2.45, 2.75) is 18.4 Å². The third kappa shape index (κ3) is 1.27. The van der Waals surface area contributed by atoms with Crippen LogP contribution in [0.1, 0.15) is 18.4 Å². The van der Waals surface area contributed by atoms with Crippen molar-refractivity contribution in [3.05, 3.63) is 48.0 Å². The highest BCUT2D eigenvalue weighted by atomic mass is 15.0. The summed E-state index contributed by atoms with van der Waals surface area (Å²) in [5.74, 6) is 0. The van der Waals surface area contributed by atoms with E-state index in [0.717, 1.165) is 0 Å². The van der Waals surface area contributed by atoms with E-state index in [1.54, 1.807) is 0 Å². The zero-order valence-electron chi connectivity index (χ0n) is 8.96. The molecule has 0 bridgehead atoms. The predicted octanol–water partition coefficient (Wildman–Crippen LogP) is 3.05. The van der Waals surface area contributed by atoms with Crippen LogP contribution in [-0.2, 0) is 5.54 Å². The molecule has 15 heavy (non-hydrogen) atoms. The third-order valence-corrected chi connectivity index (χ3v) is 3.53. The molecule has 76 valence electrons. The smallest absolute Gasteiger partial charge is 0.0440 e. The number of fused-ring (bicyclic) bond motifs is 1. The van der Waals surface area contributed by atoms with E-state index in [1.165, 1.54) is 29.2 Å². The highest BCUT2D eigenvalue weighted by Gasteiger charge is 2.43. The number of nitrogens with one attached hydrogen (secondary N) is 1. The van der Waals surface area contributed by atoms with Crippen LogP contribution in [0.15, 0.2) is 42.5 Å². The van der Waals surface area contributed by atoms with Crippen molar-refractivity contribution < 1.29 is 0 Å². The summed E-state index contributed by atoms with van der Waals surface area (Å²) in [6, 6.07) is 15.2. The molecule has 0 saturated heterocycles. The van der Waals surface area contributed by atoms with Crippen molar-refractivity contribution in [2.24, 2.45) is 0 Å². The molecule has 0 aliphatic heterocycles. The summed E-state index contributed by atoms with van der Waals surface area (Å²) in [4.78, 5) is 0. The van der Waals surface area contributed by atoms with Gasteiger partial charge in [0.2, 0.25) is 0 Å². The molecule has 2 aromatic rings. The number of hydrogen-bond donors (Lipinski definition) is 1. The minimum atomic E-state index is 0.265. The lowest BCUT2D eigenvalue weighted by atomic mass is 9.97. The number of rotatable bonds is 2. The van der Waals surface area contributed by atoms with E-state index < -0.39 is 0 Å². The average Bonchev–Trinajstić information content (AvgIpc) is 3.09. The molecule has 2 aromatic carbocycles. The van der Waals surface area contributed by atoms with Crippen LogP contribution in [0.3, 0.4) is 0 Å². The summed E-state index contributed by atoms with van der Waals surface area (Å²) < 4.78 is 0. The fourth-order valence-electron chi connectivity index (χ4n) is 2.42. The Morgan fingerprint density at radius 2 is 1.73 bits per heavy atom. The van der Waals surface area contributed by atoms with Crippen LogP contribution in [0.2, 0.25) is 0 Å². The van der Waals surface area contributed by atoms with Gasteiger partial charge in [0, 0.05) is 5.54 Å². The van der Waals surface area contributed by atoms with Gasteiger partial charge in [0.05, 0.1) is 0 Å². The van der Waals surface area contributed by atoms with Gasteiger partial charge in [0.1, 0.15) is 0 Å². The molecule has 1 aliphatic rings. The van der Waals surface area contributed by atoms with E-state index in [0.29, 0.717) is 0 Å². The Kier molecular flexibility index (Phi) is 1.83. The van der Waals surface area contributed by atoms with Gasteiger partial charge in [0.15, 0.2) is 0 Å². The molecule has 1 aliphatic carbocycles. The number of hydrogen-bond acceptors (Lipinski definition) is 1. The maximum atomic E-state index is 3.46. The van der Waals surface area contributed by atoms with Crippen LogP contribution in [0.5, 0.6) is 0 Å². The van der Waals surface area contributed by atoms with E-state index in [1.807, 2.05) is 0 Å². The summed E-state index contributed by atoms with van der Waals surface area (Å²) in [5.41, 5.74) is 1.73. The molecular formula is C14H15N. The minimum absolute atomic E-state index is 0.265. The molecule has 1 nitrogen and oxygen atoms in total. The minimum Gasteiger partial charge on any atom is -0.310 e. The highest BCUT2D eigenvalue weighted by molar-refractivity contribution is 5.87. The molecule has 3 rings (SSSR count). The highest BCUT2D eigenvalue weighted by Crippen LogP contribution is 2.47. The SMILES string of the molecule is CNC1(c2cccc3ccccc23)CC1. The molecule has 0 amide bonds. The van der Waals surface area contributed by atoms with Gasteiger partial charge in [-0.15, -0.1) is 0 Å². The Morgan fingerprint density at radius 1 is 1.00 bits per heavy atom. The summed E-state index contributed by atoms with van der Waals surface area (Å²) in [7, 11) is 2.06. The van der Waals surface area contributed by atoms with E-state index in [-0.39, 0.29) is 5.54 Å². The second-order valence-corrected chi connectivity index (χ2v) is 4.36. The second-order valence-electron chi connectivity index (χ2n) is 4.36. The first-order chi connectivity index (χ1) is 7.36. The fraction of sp³-hybridized carbons (Fsp3) is 0.286. The first-order valence-corrected chi connectivity index (χ1v) is 5.53. The van der Waals surface area contributed by atoms with E-state index in [4.69, 9.17) is 0 Å². The monoisotopic (exact) mass is 197 g/mol. The molecule has 1 fully saturated rings. The van der Waals surface area contributed by atoms with Crippen LogP contribution in [0.4, 0.5) is 0 Å². The van der Waals surface area contributed by atoms with Crippen LogP contribution < -0.4 is 5.32 Å². The first-order valence-electron chi connectivity index (χ1n) is 5.53. The molecule has 0 unspecified atom stereocenters. The van der Waals surface area contributed by atoms with Crippen LogP contribution in [0, 0.1) is 0 Å². The second kappa shape index (κ2) is 3.07. The lowest BCUT2D eigenvalue weighted by Gasteiger charge is -2.17. The Balaban J connectivity index is 2.27. The van der Waals surface area contributed by atoms with Gasteiger partial charge in [-0.05, 0) is 36.2 Å². The van der Waals surface area contributed by atoms with Gasteiger partial charge in [-0.25, -0.2) is 0 Å². The van der Waals surface area contributed by atoms with Crippen molar-refractivity contribution in [1.82, 2.24) is 5.32 Å². The normalized spacial score (nSPS) is 17.9. The summed E-state index contributed by atoms with van der Waals surface area (Å²) >= 11 is 0. The molecule has 0 heterocycles. The molecule has 1 saturated carbocycles. The fourth-order valence-corrected chi connectivity index (χ4v) is 2.42. The van der Waals surface area contributed by atoms with Crippen LogP contribution >= 0.6 is 0 Å². The molecule has 1 heteroatoms. The molecular weight excluding hydrogens is 182 g/mol. The van der Waals surface area contributed by atoms with Gasteiger partial charge in [-0.3, -0.25) is 0 Å². The standard InChI is InChI=1S/C14H15N/c1-15-14(9-10-14)13-8-4-6-11-5-2-3-7-12(11)13/h2-8,15H,9-10H2,1H3. The van der Waals surface area contributed by atoms with Gasteiger partial charge in [0.25, 0.3) is 0 Å². The maximum Gasteiger partial charge on any atom is 0.0440 e. The van der Waals surface area contributed by atoms with Crippen LogP contribution in [-0.4, -0.2) is 7.05 Å². The summed E-state index contributed by atoms with van der Waals surface area (Å²) in [6.07, 6.45) is 2.52. The largest absolute Gasteiger partial charge is 0.310 e. The molecule has 0 spiro atoms. The summed E-state index contributed by atoms with van der Waals surface area (Å²) in [6.45, 7) is 0. The molecule has 0 atom stereocenters. The van der Waals surface area contributed by atoms with E-state index in [2.05, 4.69) is 54.8 Å². The van der Waals surface area contributed by atoms with E-state index in [9.17, 15) is 0 Å². The summed E-state index contributed by atoms with van der Waals surface area (Å²) in [5, 5.41) is 6.20. The van der Waals surface area contributed by atoms with Gasteiger partial charge in [-0.1, -0.05) is 42.5 Å². The van der Waals surface area contributed by atoms with Gasteiger partial charge < -0.3 is 5.32 Å². The van der Waals surface area contributed by atoms with E-state index >= 15 is 0 Å². The van der Waals surface area contributed by atoms with Crippen molar-refractivity contribution in [3.63, 3.8) is 0 Å². The maximum absolute atomic E-state index is 3.46. The van der Waals surface area contributed by atoms with Gasteiger partial charge in [-0.2, -0.15) is 0 Å². The van der Waals surface area contributed by atoms with Crippen LogP contribution in [0.25, 0.3) is 10.8 Å². The van der Waals surface area contributed by atoms with Crippen molar-refractivity contribution in [3.8, 4) is 0 Å². The topological polar surface area (TPSA) is 12.0 Å². The Morgan fingerprint density at radius 3 is 2.47 bits per heavy atom. The quantitative estimate of drug-likeness (QED) is 0.780. The molecule has 0 radical (unpaired) electrons. The zero-order valence-corrected chi connectivity index (χ0v) is 8.96. The van der Waals surface area contributed by atoms with Gasteiger partial charge >= 0.3 is 0 Å². The molecule has 0 aromatic heterocycles. The van der Waals surface area contributed by atoms with Crippen molar-refractivity contribution in [2.75, 3.05) is 7.05 Å². The Bertz CT molecular complexity index is 492. The average molecular weight is 197 g/mol. The Hall–Kier alpha value is -1.34. The van der Waals surface area contributed by atoms with Crippen molar-refractivity contribution in [1.29, 1.82) is 0 Å². The first kappa shape index (κ1) is 8.93. The predicted molar refractivity (Wildman–Crippen MR) is 63.9 cm³/mol. The Labute approximate surface area is 90.1 Å².